The third kappa shape index (κ3) is 2.35. The second-order valence-corrected chi connectivity index (χ2v) is 5.42. The van der Waals surface area contributed by atoms with E-state index >= 15 is 0 Å². The number of hydrogen-bond donors (Lipinski definition) is 1. The van der Waals surface area contributed by atoms with Crippen LogP contribution >= 0.6 is 0 Å². The normalized spacial score (nSPS) is 23.5. The van der Waals surface area contributed by atoms with E-state index in [1.807, 2.05) is 39.0 Å². The lowest BCUT2D eigenvalue weighted by Crippen LogP contribution is -2.65. The predicted octanol–water partition coefficient (Wildman–Crippen LogP) is 1.93. The van der Waals surface area contributed by atoms with Gasteiger partial charge in [0.25, 0.3) is 5.91 Å². The monoisotopic (exact) mass is 260 g/mol. The molecule has 4 heteroatoms. The first kappa shape index (κ1) is 13.6. The Balaban J connectivity index is 2.46. The van der Waals surface area contributed by atoms with Crippen molar-refractivity contribution in [2.24, 2.45) is 0 Å². The minimum Gasteiger partial charge on any atom is -0.340 e. The Hall–Kier alpha value is -1.84. The molecule has 1 saturated heterocycles. The molecule has 0 aromatic heterocycles. The Bertz CT molecular complexity index is 539. The molecule has 1 aromatic carbocycles. The van der Waals surface area contributed by atoms with Crippen molar-refractivity contribution < 1.29 is 9.59 Å². The van der Waals surface area contributed by atoms with Gasteiger partial charge in [-0.25, -0.2) is 0 Å². The summed E-state index contributed by atoms with van der Waals surface area (Å²) in [5.74, 6) is -0.145. The molecular weight excluding hydrogens is 240 g/mol. The summed E-state index contributed by atoms with van der Waals surface area (Å²) in [6, 6.07) is 5.95. The minimum atomic E-state index is -0.800. The molecule has 4 nitrogen and oxygen atoms in total. The maximum Gasteiger partial charge on any atom is 0.252 e. The lowest BCUT2D eigenvalue weighted by molar-refractivity contribution is -0.135. The Morgan fingerprint density at radius 3 is 2.63 bits per heavy atom. The van der Waals surface area contributed by atoms with Gasteiger partial charge in [-0.05, 0) is 44.4 Å². The summed E-state index contributed by atoms with van der Waals surface area (Å²) in [7, 11) is 0. The Morgan fingerprint density at radius 1 is 1.32 bits per heavy atom. The van der Waals surface area contributed by atoms with E-state index in [0.29, 0.717) is 6.42 Å². The lowest BCUT2D eigenvalue weighted by Gasteiger charge is -2.39. The SMILES string of the molecule is CCC1(C)NC(=O)CN(c2cc(C)ccc2C)C1=O. The molecule has 1 atom stereocenters. The molecule has 1 aliphatic rings. The molecule has 1 heterocycles. The Kier molecular flexibility index (Phi) is 3.35. The Labute approximate surface area is 113 Å². The van der Waals surface area contributed by atoms with Crippen molar-refractivity contribution in [2.75, 3.05) is 11.4 Å². The molecule has 1 aromatic rings. The van der Waals surface area contributed by atoms with Gasteiger partial charge in [-0.1, -0.05) is 19.1 Å². The number of carbonyl (C=O) groups is 2. The number of benzene rings is 1. The van der Waals surface area contributed by atoms with Crippen molar-refractivity contribution in [2.45, 2.75) is 39.7 Å². The highest BCUT2D eigenvalue weighted by atomic mass is 16.2. The second-order valence-electron chi connectivity index (χ2n) is 5.42. The summed E-state index contributed by atoms with van der Waals surface area (Å²) in [6.07, 6.45) is 0.582. The zero-order chi connectivity index (χ0) is 14.2. The summed E-state index contributed by atoms with van der Waals surface area (Å²) in [6.45, 7) is 7.72. The number of anilines is 1. The van der Waals surface area contributed by atoms with Gasteiger partial charge in [0.05, 0.1) is 0 Å². The highest BCUT2D eigenvalue weighted by Gasteiger charge is 2.42. The maximum atomic E-state index is 12.6. The van der Waals surface area contributed by atoms with Crippen molar-refractivity contribution in [3.63, 3.8) is 0 Å². The molecule has 1 aliphatic heterocycles. The van der Waals surface area contributed by atoms with E-state index in [2.05, 4.69) is 5.32 Å². The first-order valence-corrected chi connectivity index (χ1v) is 6.57. The quantitative estimate of drug-likeness (QED) is 0.883. The highest BCUT2D eigenvalue weighted by Crippen LogP contribution is 2.27. The maximum absolute atomic E-state index is 12.6. The van der Waals surface area contributed by atoms with E-state index in [0.717, 1.165) is 16.8 Å². The van der Waals surface area contributed by atoms with Gasteiger partial charge >= 0.3 is 0 Å². The summed E-state index contributed by atoms with van der Waals surface area (Å²) < 4.78 is 0. The van der Waals surface area contributed by atoms with Gasteiger partial charge in [-0.2, -0.15) is 0 Å². The van der Waals surface area contributed by atoms with Gasteiger partial charge in [0.1, 0.15) is 12.1 Å². The number of carbonyl (C=O) groups excluding carboxylic acids is 2. The van der Waals surface area contributed by atoms with Crippen molar-refractivity contribution >= 4 is 17.5 Å². The van der Waals surface area contributed by atoms with Crippen LogP contribution in [0.15, 0.2) is 18.2 Å². The van der Waals surface area contributed by atoms with Crippen molar-refractivity contribution in [3.05, 3.63) is 29.3 Å². The van der Waals surface area contributed by atoms with Crippen LogP contribution in [0, 0.1) is 13.8 Å². The second kappa shape index (κ2) is 4.68. The van der Waals surface area contributed by atoms with Crippen LogP contribution < -0.4 is 10.2 Å². The van der Waals surface area contributed by atoms with Crippen LogP contribution in [0.3, 0.4) is 0 Å². The van der Waals surface area contributed by atoms with Crippen LogP contribution in [0.5, 0.6) is 0 Å². The van der Waals surface area contributed by atoms with Crippen LogP contribution in [-0.2, 0) is 9.59 Å². The molecule has 0 radical (unpaired) electrons. The van der Waals surface area contributed by atoms with E-state index in [1.54, 1.807) is 11.8 Å². The minimum absolute atomic E-state index is 0.0386. The first-order valence-electron chi connectivity index (χ1n) is 6.57. The molecular formula is C15H20N2O2. The van der Waals surface area contributed by atoms with E-state index < -0.39 is 5.54 Å². The zero-order valence-corrected chi connectivity index (χ0v) is 11.9. The molecule has 102 valence electrons. The molecule has 0 aliphatic carbocycles. The summed E-state index contributed by atoms with van der Waals surface area (Å²) in [5.41, 5.74) is 2.12. The molecule has 0 saturated carbocycles. The number of aryl methyl sites for hydroxylation is 2. The molecule has 1 N–H and O–H groups in total. The highest BCUT2D eigenvalue weighted by molar-refractivity contribution is 6.09. The lowest BCUT2D eigenvalue weighted by atomic mass is 9.93. The number of piperazine rings is 1. The average Bonchev–Trinajstić information content (AvgIpc) is 2.37. The van der Waals surface area contributed by atoms with Crippen LogP contribution in [0.1, 0.15) is 31.4 Å². The van der Waals surface area contributed by atoms with Gasteiger partial charge in [0, 0.05) is 5.69 Å². The van der Waals surface area contributed by atoms with Crippen molar-refractivity contribution in [1.29, 1.82) is 0 Å². The fourth-order valence-electron chi connectivity index (χ4n) is 2.36. The average molecular weight is 260 g/mol. The van der Waals surface area contributed by atoms with Crippen molar-refractivity contribution in [3.8, 4) is 0 Å². The fraction of sp³-hybridized carbons (Fsp3) is 0.467. The summed E-state index contributed by atoms with van der Waals surface area (Å²) >= 11 is 0. The fourth-order valence-corrected chi connectivity index (χ4v) is 2.36. The van der Waals surface area contributed by atoms with Crippen LogP contribution in [0.2, 0.25) is 0 Å². The molecule has 0 bridgehead atoms. The van der Waals surface area contributed by atoms with Crippen LogP contribution in [0.25, 0.3) is 0 Å². The standard InChI is InChI=1S/C15H20N2O2/c1-5-15(4)14(19)17(9-13(18)16-15)12-8-10(2)6-7-11(12)3/h6-8H,5,9H2,1-4H3,(H,16,18). The molecule has 1 fully saturated rings. The van der Waals surface area contributed by atoms with Gasteiger partial charge in [0.2, 0.25) is 5.91 Å². The summed E-state index contributed by atoms with van der Waals surface area (Å²) in [4.78, 5) is 26.1. The van der Waals surface area contributed by atoms with Crippen LogP contribution in [-0.4, -0.2) is 23.9 Å². The number of rotatable bonds is 2. The number of nitrogens with one attached hydrogen (secondary N) is 1. The number of nitrogens with zero attached hydrogens (tertiary/aromatic N) is 1. The zero-order valence-electron chi connectivity index (χ0n) is 11.9. The topological polar surface area (TPSA) is 49.4 Å². The van der Waals surface area contributed by atoms with Gasteiger partial charge in [0.15, 0.2) is 0 Å². The van der Waals surface area contributed by atoms with E-state index in [4.69, 9.17) is 0 Å². The van der Waals surface area contributed by atoms with Crippen LogP contribution in [0.4, 0.5) is 5.69 Å². The molecule has 2 rings (SSSR count). The summed E-state index contributed by atoms with van der Waals surface area (Å²) in [5, 5.41) is 2.80. The van der Waals surface area contributed by atoms with E-state index in [1.165, 1.54) is 0 Å². The van der Waals surface area contributed by atoms with E-state index in [9.17, 15) is 9.59 Å². The number of hydrogen-bond acceptors (Lipinski definition) is 2. The largest absolute Gasteiger partial charge is 0.340 e. The predicted molar refractivity (Wildman–Crippen MR) is 75.1 cm³/mol. The van der Waals surface area contributed by atoms with Gasteiger partial charge in [-0.15, -0.1) is 0 Å². The van der Waals surface area contributed by atoms with Crippen molar-refractivity contribution in [1.82, 2.24) is 5.32 Å². The number of amides is 2. The van der Waals surface area contributed by atoms with E-state index in [-0.39, 0.29) is 18.4 Å². The van der Waals surface area contributed by atoms with Gasteiger partial charge < -0.3 is 10.2 Å². The third-order valence-corrected chi connectivity index (χ3v) is 3.80. The van der Waals surface area contributed by atoms with Gasteiger partial charge in [-0.3, -0.25) is 9.59 Å². The molecule has 1 unspecified atom stereocenters. The molecule has 0 spiro atoms. The molecule has 2 amide bonds. The Morgan fingerprint density at radius 2 is 2.00 bits per heavy atom. The molecule has 19 heavy (non-hydrogen) atoms. The first-order chi connectivity index (χ1) is 8.87. The third-order valence-electron chi connectivity index (χ3n) is 3.80. The smallest absolute Gasteiger partial charge is 0.252 e.